The fourth-order valence-electron chi connectivity index (χ4n) is 3.38. The molecule has 0 aliphatic carbocycles. The Morgan fingerprint density at radius 3 is 2.81 bits per heavy atom. The summed E-state index contributed by atoms with van der Waals surface area (Å²) >= 11 is 6.33. The minimum atomic E-state index is 0.351. The van der Waals surface area contributed by atoms with E-state index in [9.17, 15) is 0 Å². The van der Waals surface area contributed by atoms with Crippen molar-refractivity contribution in [3.63, 3.8) is 0 Å². The number of likely N-dealkylation sites (tertiary alicyclic amines) is 1. The van der Waals surface area contributed by atoms with Crippen molar-refractivity contribution in [2.45, 2.75) is 45.1 Å². The molecule has 2 nitrogen and oxygen atoms in total. The van der Waals surface area contributed by atoms with Crippen LogP contribution in [0.5, 0.6) is 0 Å². The van der Waals surface area contributed by atoms with E-state index >= 15 is 0 Å². The second-order valence-corrected chi connectivity index (χ2v) is 6.61. The van der Waals surface area contributed by atoms with Crippen LogP contribution in [0, 0.1) is 5.92 Å². The van der Waals surface area contributed by atoms with Crippen molar-refractivity contribution in [3.8, 4) is 0 Å². The molecule has 0 radical (unpaired) electrons. The van der Waals surface area contributed by atoms with Gasteiger partial charge in [-0.3, -0.25) is 0 Å². The third kappa shape index (κ3) is 4.98. The van der Waals surface area contributed by atoms with E-state index in [1.165, 1.54) is 44.3 Å². The molecule has 1 saturated heterocycles. The van der Waals surface area contributed by atoms with Gasteiger partial charge in [0.25, 0.3) is 0 Å². The highest BCUT2D eigenvalue weighted by Crippen LogP contribution is 2.26. The molecule has 1 N–H and O–H groups in total. The average Bonchev–Trinajstić information content (AvgIpc) is 2.74. The van der Waals surface area contributed by atoms with Crippen molar-refractivity contribution < 1.29 is 0 Å². The highest BCUT2D eigenvalue weighted by Gasteiger charge is 2.18. The number of benzene rings is 1. The van der Waals surface area contributed by atoms with Gasteiger partial charge in [0.05, 0.1) is 0 Å². The second-order valence-electron chi connectivity index (χ2n) is 6.20. The minimum absolute atomic E-state index is 0.351. The van der Waals surface area contributed by atoms with Gasteiger partial charge < -0.3 is 10.2 Å². The van der Waals surface area contributed by atoms with Gasteiger partial charge in [0.2, 0.25) is 0 Å². The largest absolute Gasteiger partial charge is 0.313 e. The fraction of sp³-hybridized carbons (Fsp3) is 0.667. The number of rotatable bonds is 6. The maximum Gasteiger partial charge on any atom is 0.0453 e. The highest BCUT2D eigenvalue weighted by molar-refractivity contribution is 6.31. The number of halogens is 1. The van der Waals surface area contributed by atoms with E-state index in [0.717, 1.165) is 23.9 Å². The molecule has 2 atom stereocenters. The summed E-state index contributed by atoms with van der Waals surface area (Å²) in [7, 11) is 2.03. The van der Waals surface area contributed by atoms with Gasteiger partial charge in [-0.1, -0.05) is 43.1 Å². The van der Waals surface area contributed by atoms with Crippen LogP contribution in [0.1, 0.15) is 50.6 Å². The lowest BCUT2D eigenvalue weighted by Gasteiger charge is -2.24. The van der Waals surface area contributed by atoms with E-state index < -0.39 is 0 Å². The van der Waals surface area contributed by atoms with Gasteiger partial charge in [0.1, 0.15) is 0 Å². The Balaban J connectivity index is 1.87. The Morgan fingerprint density at radius 2 is 2.10 bits per heavy atom. The summed E-state index contributed by atoms with van der Waals surface area (Å²) in [5.41, 5.74) is 1.22. The summed E-state index contributed by atoms with van der Waals surface area (Å²) < 4.78 is 0. The molecule has 1 aliphatic heterocycles. The summed E-state index contributed by atoms with van der Waals surface area (Å²) in [6.07, 6.45) is 6.60. The molecule has 0 aromatic heterocycles. The Hall–Kier alpha value is -0.570. The SMILES string of the molecule is CCC1CCCN(CCC(NC)c2ccccc2Cl)CC1. The monoisotopic (exact) mass is 308 g/mol. The van der Waals surface area contributed by atoms with Gasteiger partial charge in [-0.05, 0) is 69.9 Å². The molecule has 2 rings (SSSR count). The van der Waals surface area contributed by atoms with Gasteiger partial charge in [0, 0.05) is 11.1 Å². The lowest BCUT2D eigenvalue weighted by molar-refractivity contribution is 0.264. The van der Waals surface area contributed by atoms with E-state index in [0.29, 0.717) is 6.04 Å². The molecule has 0 amide bonds. The molecule has 21 heavy (non-hydrogen) atoms. The van der Waals surface area contributed by atoms with E-state index in [2.05, 4.69) is 29.3 Å². The van der Waals surface area contributed by atoms with Gasteiger partial charge in [-0.15, -0.1) is 0 Å². The Morgan fingerprint density at radius 1 is 1.29 bits per heavy atom. The topological polar surface area (TPSA) is 15.3 Å². The van der Waals surface area contributed by atoms with Crippen LogP contribution in [-0.2, 0) is 0 Å². The predicted octanol–water partition coefficient (Wildman–Crippen LogP) is 4.50. The maximum atomic E-state index is 6.33. The van der Waals surface area contributed by atoms with Crippen molar-refractivity contribution in [3.05, 3.63) is 34.9 Å². The number of nitrogens with one attached hydrogen (secondary N) is 1. The molecule has 1 fully saturated rings. The zero-order valence-electron chi connectivity index (χ0n) is 13.4. The van der Waals surface area contributed by atoms with E-state index in [-0.39, 0.29) is 0 Å². The standard InChI is InChI=1S/C18H29ClN2/c1-3-15-7-6-12-21(13-10-15)14-11-18(20-2)16-8-4-5-9-17(16)19/h4-5,8-9,15,18,20H,3,6-7,10-14H2,1-2H3. The Kier molecular flexibility index (Phi) is 7.01. The first kappa shape index (κ1) is 16.8. The van der Waals surface area contributed by atoms with Gasteiger partial charge in [-0.25, -0.2) is 0 Å². The number of hydrogen-bond donors (Lipinski definition) is 1. The van der Waals surface area contributed by atoms with Crippen molar-refractivity contribution in [2.24, 2.45) is 5.92 Å². The smallest absolute Gasteiger partial charge is 0.0453 e. The fourth-order valence-corrected chi connectivity index (χ4v) is 3.65. The molecule has 1 heterocycles. The van der Waals surface area contributed by atoms with Crippen molar-refractivity contribution in [2.75, 3.05) is 26.7 Å². The summed E-state index contributed by atoms with van der Waals surface area (Å²) in [5.74, 6) is 0.943. The lowest BCUT2D eigenvalue weighted by Crippen LogP contribution is -2.29. The third-order valence-corrected chi connectivity index (χ3v) is 5.22. The summed E-state index contributed by atoms with van der Waals surface area (Å²) in [6.45, 7) is 6.01. The lowest BCUT2D eigenvalue weighted by atomic mass is 9.98. The molecule has 0 spiro atoms. The van der Waals surface area contributed by atoms with Crippen molar-refractivity contribution >= 4 is 11.6 Å². The van der Waals surface area contributed by atoms with Crippen LogP contribution in [0.4, 0.5) is 0 Å². The van der Waals surface area contributed by atoms with Gasteiger partial charge >= 0.3 is 0 Å². The third-order valence-electron chi connectivity index (χ3n) is 4.88. The Labute approximate surface area is 134 Å². The molecule has 1 aromatic carbocycles. The average molecular weight is 309 g/mol. The zero-order chi connectivity index (χ0) is 15.1. The summed E-state index contributed by atoms with van der Waals surface area (Å²) in [5, 5.41) is 4.30. The molecule has 2 unspecified atom stereocenters. The van der Waals surface area contributed by atoms with Crippen LogP contribution in [0.15, 0.2) is 24.3 Å². The number of nitrogens with zero attached hydrogens (tertiary/aromatic N) is 1. The normalized spacial score (nSPS) is 22.0. The first-order chi connectivity index (χ1) is 10.2. The zero-order valence-corrected chi connectivity index (χ0v) is 14.2. The first-order valence-corrected chi connectivity index (χ1v) is 8.76. The van der Waals surface area contributed by atoms with Crippen molar-refractivity contribution in [1.29, 1.82) is 0 Å². The van der Waals surface area contributed by atoms with Crippen LogP contribution in [0.25, 0.3) is 0 Å². The van der Waals surface area contributed by atoms with E-state index in [4.69, 9.17) is 11.6 Å². The molecule has 1 aliphatic rings. The molecule has 0 bridgehead atoms. The van der Waals surface area contributed by atoms with E-state index in [1.807, 2.05) is 19.2 Å². The van der Waals surface area contributed by atoms with Crippen LogP contribution >= 0.6 is 11.6 Å². The maximum absolute atomic E-state index is 6.33. The van der Waals surface area contributed by atoms with Gasteiger partial charge in [0.15, 0.2) is 0 Å². The van der Waals surface area contributed by atoms with Crippen LogP contribution in [-0.4, -0.2) is 31.6 Å². The predicted molar refractivity (Wildman–Crippen MR) is 91.9 cm³/mol. The minimum Gasteiger partial charge on any atom is -0.313 e. The quantitative estimate of drug-likeness (QED) is 0.832. The van der Waals surface area contributed by atoms with E-state index in [1.54, 1.807) is 0 Å². The number of hydrogen-bond acceptors (Lipinski definition) is 2. The molecule has 1 aromatic rings. The molecule has 0 saturated carbocycles. The summed E-state index contributed by atoms with van der Waals surface area (Å²) in [6, 6.07) is 8.54. The van der Waals surface area contributed by atoms with Gasteiger partial charge in [-0.2, -0.15) is 0 Å². The van der Waals surface area contributed by atoms with Crippen LogP contribution in [0.2, 0.25) is 5.02 Å². The molecular weight excluding hydrogens is 280 g/mol. The Bertz CT molecular complexity index is 421. The second kappa shape index (κ2) is 8.77. The molecule has 3 heteroatoms. The van der Waals surface area contributed by atoms with Crippen LogP contribution in [0.3, 0.4) is 0 Å². The molecular formula is C18H29ClN2. The van der Waals surface area contributed by atoms with Crippen LogP contribution < -0.4 is 5.32 Å². The summed E-state index contributed by atoms with van der Waals surface area (Å²) in [4.78, 5) is 2.64. The highest BCUT2D eigenvalue weighted by atomic mass is 35.5. The van der Waals surface area contributed by atoms with Crippen molar-refractivity contribution in [1.82, 2.24) is 10.2 Å². The molecule has 118 valence electrons. The first-order valence-electron chi connectivity index (χ1n) is 8.38.